The summed E-state index contributed by atoms with van der Waals surface area (Å²) in [6, 6.07) is 9.53. The van der Waals surface area contributed by atoms with Crippen LogP contribution in [0.2, 0.25) is 0 Å². The Bertz CT molecular complexity index is 1240. The van der Waals surface area contributed by atoms with Crippen LogP contribution in [-0.2, 0) is 6.54 Å². The molecule has 3 heterocycles. The van der Waals surface area contributed by atoms with Crippen LogP contribution in [-0.4, -0.2) is 19.9 Å². The minimum atomic E-state index is -0.345. The van der Waals surface area contributed by atoms with Crippen molar-refractivity contribution in [1.29, 1.82) is 0 Å². The third-order valence-electron chi connectivity index (χ3n) is 4.97. The zero-order valence-electron chi connectivity index (χ0n) is 15.8. The van der Waals surface area contributed by atoms with E-state index in [1.54, 1.807) is 6.07 Å². The molecular formula is C21H21N3O3. The number of rotatable bonds is 4. The zero-order valence-corrected chi connectivity index (χ0v) is 15.8. The lowest BCUT2D eigenvalue weighted by atomic mass is 10.1. The molecule has 0 saturated carbocycles. The molecule has 0 bridgehead atoms. The number of benzene rings is 1. The first-order valence-electron chi connectivity index (χ1n) is 8.96. The van der Waals surface area contributed by atoms with Gasteiger partial charge in [-0.05, 0) is 45.9 Å². The fraction of sp³-hybridized carbons (Fsp3) is 0.286. The number of para-hydroxylation sites is 1. The molecule has 4 aromatic rings. The van der Waals surface area contributed by atoms with Crippen LogP contribution in [0.3, 0.4) is 0 Å². The van der Waals surface area contributed by atoms with Gasteiger partial charge in [0, 0.05) is 28.4 Å². The Morgan fingerprint density at radius 2 is 1.96 bits per heavy atom. The van der Waals surface area contributed by atoms with Crippen molar-refractivity contribution in [3.63, 3.8) is 0 Å². The Labute approximate surface area is 156 Å². The van der Waals surface area contributed by atoms with Crippen LogP contribution in [0.15, 0.2) is 45.9 Å². The number of nitrogens with zero attached hydrogens (tertiary/aromatic N) is 3. The predicted molar refractivity (Wildman–Crippen MR) is 104 cm³/mol. The van der Waals surface area contributed by atoms with Gasteiger partial charge in [0.1, 0.15) is 11.1 Å². The van der Waals surface area contributed by atoms with E-state index < -0.39 is 0 Å². The van der Waals surface area contributed by atoms with Crippen molar-refractivity contribution in [2.75, 3.05) is 0 Å². The van der Waals surface area contributed by atoms with E-state index in [1.165, 1.54) is 10.9 Å². The number of aromatic nitrogens is 3. The molecule has 0 radical (unpaired) electrons. The van der Waals surface area contributed by atoms with Crippen LogP contribution >= 0.6 is 0 Å². The van der Waals surface area contributed by atoms with Gasteiger partial charge in [0.2, 0.25) is 5.58 Å². The van der Waals surface area contributed by atoms with Crippen molar-refractivity contribution in [3.8, 4) is 0 Å². The van der Waals surface area contributed by atoms with Crippen LogP contribution in [0.5, 0.6) is 0 Å². The molecule has 0 saturated heterocycles. The van der Waals surface area contributed by atoms with Gasteiger partial charge >= 0.3 is 0 Å². The second-order valence-corrected chi connectivity index (χ2v) is 7.13. The number of fused-ring (bicyclic) bond motifs is 3. The summed E-state index contributed by atoms with van der Waals surface area (Å²) >= 11 is 0. The summed E-state index contributed by atoms with van der Waals surface area (Å²) in [5, 5.41) is 0.795. The maximum Gasteiger partial charge on any atom is 0.297 e. The molecule has 6 heteroatoms. The highest BCUT2D eigenvalue weighted by Gasteiger charge is 2.19. The standard InChI is InChI=1S/C21H21N3O3/c1-12(2)24-13(3)9-16(14(24)4)17(25)10-23-11-22-19-15-7-5-6-8-18(15)27-20(19)21(23)26/h5-9,11-12H,10H2,1-4H3. The lowest BCUT2D eigenvalue weighted by Gasteiger charge is -2.13. The average molecular weight is 363 g/mol. The lowest BCUT2D eigenvalue weighted by molar-refractivity contribution is 0.0970. The van der Waals surface area contributed by atoms with E-state index in [2.05, 4.69) is 23.4 Å². The van der Waals surface area contributed by atoms with Gasteiger partial charge in [-0.2, -0.15) is 0 Å². The van der Waals surface area contributed by atoms with Gasteiger partial charge in [0.15, 0.2) is 5.78 Å². The molecule has 0 spiro atoms. The first kappa shape index (κ1) is 17.3. The third-order valence-corrected chi connectivity index (χ3v) is 4.97. The number of carbonyl (C=O) groups excluding carboxylic acids is 1. The second kappa shape index (κ2) is 6.23. The van der Waals surface area contributed by atoms with Crippen molar-refractivity contribution < 1.29 is 9.21 Å². The summed E-state index contributed by atoms with van der Waals surface area (Å²) in [5.74, 6) is -0.116. The molecule has 0 unspecified atom stereocenters. The minimum absolute atomic E-state index is 0.0682. The summed E-state index contributed by atoms with van der Waals surface area (Å²) in [6.45, 7) is 8.01. The molecule has 3 aromatic heterocycles. The molecule has 0 aliphatic carbocycles. The van der Waals surface area contributed by atoms with Crippen molar-refractivity contribution >= 4 is 27.9 Å². The number of hydrogen-bond donors (Lipinski definition) is 0. The summed E-state index contributed by atoms with van der Waals surface area (Å²) in [4.78, 5) is 30.0. The van der Waals surface area contributed by atoms with E-state index >= 15 is 0 Å². The minimum Gasteiger partial charge on any atom is -0.448 e. The summed E-state index contributed by atoms with van der Waals surface area (Å²) in [7, 11) is 0. The molecule has 138 valence electrons. The molecule has 0 fully saturated rings. The average Bonchev–Trinajstić information content (AvgIpc) is 3.15. The van der Waals surface area contributed by atoms with E-state index in [9.17, 15) is 9.59 Å². The predicted octanol–water partition coefficient (Wildman–Crippen LogP) is 4.02. The Morgan fingerprint density at radius 3 is 2.67 bits per heavy atom. The van der Waals surface area contributed by atoms with E-state index in [0.29, 0.717) is 16.7 Å². The molecule has 0 aliphatic heterocycles. The summed E-state index contributed by atoms with van der Waals surface area (Å²) in [6.07, 6.45) is 1.42. The van der Waals surface area contributed by atoms with Gasteiger partial charge in [0.05, 0.1) is 12.9 Å². The number of Topliss-reactive ketones (excluding diaryl/α,β-unsaturated/α-hetero) is 1. The molecule has 0 atom stereocenters. The van der Waals surface area contributed by atoms with E-state index in [-0.39, 0.29) is 29.5 Å². The van der Waals surface area contributed by atoms with Crippen LogP contribution in [0, 0.1) is 13.8 Å². The number of aryl methyl sites for hydroxylation is 1. The van der Waals surface area contributed by atoms with Crippen LogP contribution < -0.4 is 5.56 Å². The molecule has 0 aliphatic rings. The summed E-state index contributed by atoms with van der Waals surface area (Å²) < 4.78 is 9.11. The highest BCUT2D eigenvalue weighted by atomic mass is 16.3. The highest BCUT2D eigenvalue weighted by Crippen LogP contribution is 2.24. The molecule has 4 rings (SSSR count). The van der Waals surface area contributed by atoms with Gasteiger partial charge in [-0.25, -0.2) is 4.98 Å². The van der Waals surface area contributed by atoms with Gasteiger partial charge in [-0.15, -0.1) is 0 Å². The number of carbonyl (C=O) groups is 1. The van der Waals surface area contributed by atoms with Crippen LogP contribution in [0.25, 0.3) is 22.1 Å². The Kier molecular flexibility index (Phi) is 3.98. The molecular weight excluding hydrogens is 342 g/mol. The zero-order chi connectivity index (χ0) is 19.3. The molecule has 27 heavy (non-hydrogen) atoms. The summed E-state index contributed by atoms with van der Waals surface area (Å²) in [5.41, 5.74) is 3.56. The lowest BCUT2D eigenvalue weighted by Crippen LogP contribution is -2.24. The van der Waals surface area contributed by atoms with Crippen LogP contribution in [0.4, 0.5) is 0 Å². The van der Waals surface area contributed by atoms with Gasteiger partial charge < -0.3 is 8.98 Å². The quantitative estimate of drug-likeness (QED) is 0.513. The van der Waals surface area contributed by atoms with E-state index in [1.807, 2.05) is 38.1 Å². The topological polar surface area (TPSA) is 70.0 Å². The first-order chi connectivity index (χ1) is 12.9. The number of ketones is 1. The fourth-order valence-electron chi connectivity index (χ4n) is 3.82. The van der Waals surface area contributed by atoms with Gasteiger partial charge in [-0.1, -0.05) is 12.1 Å². The Morgan fingerprint density at radius 1 is 1.22 bits per heavy atom. The van der Waals surface area contributed by atoms with Crippen molar-refractivity contribution in [1.82, 2.24) is 14.1 Å². The van der Waals surface area contributed by atoms with E-state index in [0.717, 1.165) is 16.8 Å². The normalized spacial score (nSPS) is 11.7. The molecule has 0 N–H and O–H groups in total. The maximum absolute atomic E-state index is 12.9. The molecule has 1 aromatic carbocycles. The Hall–Kier alpha value is -3.15. The molecule has 0 amide bonds. The number of hydrogen-bond acceptors (Lipinski definition) is 4. The van der Waals surface area contributed by atoms with Crippen molar-refractivity contribution in [2.24, 2.45) is 0 Å². The van der Waals surface area contributed by atoms with Crippen molar-refractivity contribution in [3.05, 3.63) is 64.0 Å². The van der Waals surface area contributed by atoms with Crippen LogP contribution in [0.1, 0.15) is 41.6 Å². The third kappa shape index (κ3) is 2.68. The van der Waals surface area contributed by atoms with E-state index in [4.69, 9.17) is 4.42 Å². The Balaban J connectivity index is 1.75. The first-order valence-corrected chi connectivity index (χ1v) is 8.96. The fourth-order valence-corrected chi connectivity index (χ4v) is 3.82. The monoisotopic (exact) mass is 363 g/mol. The molecule has 6 nitrogen and oxygen atoms in total. The highest BCUT2D eigenvalue weighted by molar-refractivity contribution is 6.02. The number of furan rings is 1. The van der Waals surface area contributed by atoms with Gasteiger partial charge in [0.25, 0.3) is 5.56 Å². The SMILES string of the molecule is Cc1cc(C(=O)Cn2cnc3c(oc4ccccc43)c2=O)c(C)n1C(C)C. The van der Waals surface area contributed by atoms with Gasteiger partial charge in [-0.3, -0.25) is 14.2 Å². The largest absolute Gasteiger partial charge is 0.448 e. The maximum atomic E-state index is 12.9. The second-order valence-electron chi connectivity index (χ2n) is 7.13. The smallest absolute Gasteiger partial charge is 0.297 e. The van der Waals surface area contributed by atoms with Crippen molar-refractivity contribution in [2.45, 2.75) is 40.3 Å².